The van der Waals surface area contributed by atoms with E-state index in [1.807, 2.05) is 6.07 Å². The van der Waals surface area contributed by atoms with Crippen LogP contribution < -0.4 is 0 Å². The van der Waals surface area contributed by atoms with Gasteiger partial charge in [-0.05, 0) is 30.4 Å². The number of hydrogen-bond acceptors (Lipinski definition) is 5. The van der Waals surface area contributed by atoms with Crippen LogP contribution in [0.25, 0.3) is 11.4 Å². The molecule has 1 heterocycles. The van der Waals surface area contributed by atoms with Crippen molar-refractivity contribution in [1.29, 1.82) is 0 Å². The van der Waals surface area contributed by atoms with Crippen molar-refractivity contribution in [3.63, 3.8) is 0 Å². The molecule has 0 aliphatic carbocycles. The van der Waals surface area contributed by atoms with Crippen molar-refractivity contribution in [1.82, 2.24) is 14.9 Å². The first-order chi connectivity index (χ1) is 12.0. The van der Waals surface area contributed by atoms with Gasteiger partial charge in [-0.3, -0.25) is 10.1 Å². The molecule has 1 aromatic heterocycles. The van der Waals surface area contributed by atoms with Crippen LogP contribution >= 0.6 is 35.4 Å². The summed E-state index contributed by atoms with van der Waals surface area (Å²) in [7, 11) is 0. The highest BCUT2D eigenvalue weighted by Crippen LogP contribution is 2.26. The minimum Gasteiger partial charge on any atom is -0.258 e. The van der Waals surface area contributed by atoms with Crippen LogP contribution in [-0.2, 0) is 0 Å². The smallest absolute Gasteiger partial charge is 0.258 e. The Kier molecular flexibility index (Phi) is 4.93. The first-order valence-corrected chi connectivity index (χ1v) is 8.04. The molecule has 0 amide bonds. The van der Waals surface area contributed by atoms with Gasteiger partial charge in [0.1, 0.15) is 0 Å². The van der Waals surface area contributed by atoms with E-state index in [4.69, 9.17) is 35.4 Å². The fourth-order valence-electron chi connectivity index (χ4n) is 2.08. The molecule has 126 valence electrons. The van der Waals surface area contributed by atoms with Crippen LogP contribution in [0.2, 0.25) is 10.0 Å². The average molecular weight is 394 g/mol. The van der Waals surface area contributed by atoms with Gasteiger partial charge < -0.3 is 0 Å². The second-order valence-corrected chi connectivity index (χ2v) is 6.05. The number of aromatic nitrogens is 3. The lowest BCUT2D eigenvalue weighted by Gasteiger charge is -2.03. The number of aromatic amines is 1. The number of non-ortho nitro benzene ring substituents is 1. The van der Waals surface area contributed by atoms with Crippen LogP contribution in [0.15, 0.2) is 47.6 Å². The first-order valence-electron chi connectivity index (χ1n) is 6.88. The molecule has 0 spiro atoms. The molecule has 0 fully saturated rings. The van der Waals surface area contributed by atoms with Crippen LogP contribution in [0, 0.1) is 14.9 Å². The minimum atomic E-state index is -0.508. The first kappa shape index (κ1) is 17.3. The Balaban J connectivity index is 2.05. The van der Waals surface area contributed by atoms with Crippen LogP contribution in [0.5, 0.6) is 0 Å². The van der Waals surface area contributed by atoms with Crippen molar-refractivity contribution < 1.29 is 4.92 Å². The van der Waals surface area contributed by atoms with Crippen LogP contribution in [-0.4, -0.2) is 26.0 Å². The predicted molar refractivity (Wildman–Crippen MR) is 99.0 cm³/mol. The monoisotopic (exact) mass is 393 g/mol. The molecule has 0 saturated carbocycles. The number of nitro groups is 1. The largest absolute Gasteiger partial charge is 0.270 e. The third-order valence-corrected chi connectivity index (χ3v) is 4.21. The number of rotatable bonds is 4. The maximum Gasteiger partial charge on any atom is 0.270 e. The molecule has 7 nitrogen and oxygen atoms in total. The molecule has 10 heteroatoms. The summed E-state index contributed by atoms with van der Waals surface area (Å²) in [6, 6.07) is 11.2. The highest BCUT2D eigenvalue weighted by atomic mass is 35.5. The summed E-state index contributed by atoms with van der Waals surface area (Å²) in [5.41, 5.74) is 0.927. The van der Waals surface area contributed by atoms with Crippen molar-refractivity contribution in [2.24, 2.45) is 5.10 Å². The van der Waals surface area contributed by atoms with E-state index in [1.165, 1.54) is 29.1 Å². The van der Waals surface area contributed by atoms with Gasteiger partial charge in [-0.2, -0.15) is 14.9 Å². The lowest BCUT2D eigenvalue weighted by molar-refractivity contribution is -0.384. The zero-order valence-corrected chi connectivity index (χ0v) is 14.7. The van der Waals surface area contributed by atoms with E-state index in [0.717, 1.165) is 0 Å². The lowest BCUT2D eigenvalue weighted by Crippen LogP contribution is -1.97. The van der Waals surface area contributed by atoms with E-state index in [-0.39, 0.29) is 10.5 Å². The van der Waals surface area contributed by atoms with Gasteiger partial charge in [-0.1, -0.05) is 35.3 Å². The summed E-state index contributed by atoms with van der Waals surface area (Å²) in [6.07, 6.45) is 1.38. The molecule has 2 aromatic carbocycles. The minimum absolute atomic E-state index is 0.0898. The SMILES string of the molecule is O=[N+]([O-])c1ccc(Cl)c(C=Nn2c(-c3ccccc3Cl)n[nH]c2=S)c1. The molecule has 1 N–H and O–H groups in total. The molecule has 0 saturated heterocycles. The zero-order chi connectivity index (χ0) is 18.0. The van der Waals surface area contributed by atoms with Gasteiger partial charge in [0.15, 0.2) is 5.82 Å². The van der Waals surface area contributed by atoms with Crippen molar-refractivity contribution in [3.8, 4) is 11.4 Å². The van der Waals surface area contributed by atoms with Crippen LogP contribution in [0.1, 0.15) is 5.56 Å². The molecule has 25 heavy (non-hydrogen) atoms. The molecule has 0 unspecified atom stereocenters. The summed E-state index contributed by atoms with van der Waals surface area (Å²) in [5, 5.41) is 22.7. The van der Waals surface area contributed by atoms with Crippen molar-refractivity contribution in [3.05, 3.63) is 73.0 Å². The van der Waals surface area contributed by atoms with Crippen molar-refractivity contribution in [2.75, 3.05) is 0 Å². The van der Waals surface area contributed by atoms with E-state index in [9.17, 15) is 10.1 Å². The fourth-order valence-corrected chi connectivity index (χ4v) is 2.65. The molecule has 0 aliphatic rings. The summed E-state index contributed by atoms with van der Waals surface area (Å²) < 4.78 is 1.61. The quantitative estimate of drug-likeness (QED) is 0.301. The fraction of sp³-hybridized carbons (Fsp3) is 0. The van der Waals surface area contributed by atoms with Gasteiger partial charge in [0.2, 0.25) is 4.77 Å². The average Bonchev–Trinajstić information content (AvgIpc) is 2.95. The number of nitro benzene ring substituents is 1. The molecular weight excluding hydrogens is 385 g/mol. The Bertz CT molecular complexity index is 1040. The second-order valence-electron chi connectivity index (χ2n) is 4.85. The maximum atomic E-state index is 10.9. The molecule has 0 atom stereocenters. The molecule has 0 aliphatic heterocycles. The van der Waals surface area contributed by atoms with E-state index < -0.39 is 4.92 Å². The second kappa shape index (κ2) is 7.14. The summed E-state index contributed by atoms with van der Waals surface area (Å²) in [6.45, 7) is 0. The van der Waals surface area contributed by atoms with Gasteiger partial charge in [0.05, 0.1) is 16.2 Å². The third kappa shape index (κ3) is 3.60. The third-order valence-electron chi connectivity index (χ3n) is 3.27. The standard InChI is InChI=1S/C15H9Cl2N5O2S/c16-12-6-5-10(22(23)24)7-9(12)8-18-21-14(19-20-15(21)25)11-3-1-2-4-13(11)17/h1-8H,(H,20,25). The molecule has 3 aromatic rings. The summed E-state index contributed by atoms with van der Waals surface area (Å²) in [4.78, 5) is 10.4. The van der Waals surface area contributed by atoms with Gasteiger partial charge in [0.25, 0.3) is 5.69 Å². The lowest BCUT2D eigenvalue weighted by atomic mass is 10.2. The van der Waals surface area contributed by atoms with Gasteiger partial charge in [-0.15, -0.1) is 0 Å². The van der Waals surface area contributed by atoms with E-state index >= 15 is 0 Å². The number of nitrogens with one attached hydrogen (secondary N) is 1. The molecule has 3 rings (SSSR count). The Labute approximate surface area is 156 Å². The Hall–Kier alpha value is -2.55. The maximum absolute atomic E-state index is 10.9. The normalized spacial score (nSPS) is 11.1. The highest BCUT2D eigenvalue weighted by molar-refractivity contribution is 7.71. The van der Waals surface area contributed by atoms with E-state index in [1.54, 1.807) is 18.2 Å². The molecule has 0 radical (unpaired) electrons. The molecule has 0 bridgehead atoms. The van der Waals surface area contributed by atoms with Gasteiger partial charge in [0, 0.05) is 28.3 Å². The van der Waals surface area contributed by atoms with E-state index in [2.05, 4.69) is 15.3 Å². The Morgan fingerprint density at radius 2 is 2.00 bits per heavy atom. The zero-order valence-electron chi connectivity index (χ0n) is 12.4. The highest BCUT2D eigenvalue weighted by Gasteiger charge is 2.12. The van der Waals surface area contributed by atoms with Gasteiger partial charge >= 0.3 is 0 Å². The van der Waals surface area contributed by atoms with Gasteiger partial charge in [-0.25, -0.2) is 5.10 Å². The summed E-state index contributed by atoms with van der Waals surface area (Å²) >= 11 is 17.4. The summed E-state index contributed by atoms with van der Waals surface area (Å²) in [5.74, 6) is 0.411. The van der Waals surface area contributed by atoms with Crippen molar-refractivity contribution >= 4 is 47.3 Å². The molecular formula is C15H9Cl2N5O2S. The Morgan fingerprint density at radius 3 is 2.72 bits per heavy atom. The number of H-pyrrole nitrogens is 1. The number of nitrogens with zero attached hydrogens (tertiary/aromatic N) is 4. The predicted octanol–water partition coefficient (Wildman–Crippen LogP) is 4.70. The van der Waals surface area contributed by atoms with Crippen LogP contribution in [0.3, 0.4) is 0 Å². The van der Waals surface area contributed by atoms with Crippen LogP contribution in [0.4, 0.5) is 5.69 Å². The Morgan fingerprint density at radius 1 is 1.24 bits per heavy atom. The number of benzene rings is 2. The van der Waals surface area contributed by atoms with E-state index in [0.29, 0.717) is 27.0 Å². The number of halogens is 2. The topological polar surface area (TPSA) is 89.1 Å². The number of hydrogen-bond donors (Lipinski definition) is 1. The van der Waals surface area contributed by atoms with Crippen molar-refractivity contribution in [2.45, 2.75) is 0 Å².